The van der Waals surface area contributed by atoms with Crippen LogP contribution < -0.4 is 25.3 Å². The molecule has 0 spiro atoms. The summed E-state index contributed by atoms with van der Waals surface area (Å²) in [7, 11) is -2.03. The van der Waals surface area contributed by atoms with Crippen molar-refractivity contribution in [3.8, 4) is 0 Å². The molecule has 0 saturated carbocycles. The second-order valence-electron chi connectivity index (χ2n) is 17.5. The summed E-state index contributed by atoms with van der Waals surface area (Å²) in [5, 5.41) is 15.5. The molecule has 0 bridgehead atoms. The number of hydrogen-bond donors (Lipinski definition) is 2. The molecule has 5 atom stereocenters. The number of carbonyl (C=O) groups excluding carboxylic acids is 5. The first-order valence-corrected chi connectivity index (χ1v) is 23.7. The number of fused-ring (bicyclic) bond motifs is 2. The van der Waals surface area contributed by atoms with Gasteiger partial charge < -0.3 is 29.7 Å². The molecule has 5 fully saturated rings. The zero-order valence-corrected chi connectivity index (χ0v) is 36.8. The van der Waals surface area contributed by atoms with Gasteiger partial charge >= 0.3 is 0 Å². The number of nitrogens with zero attached hydrogens (tertiary/aromatic N) is 10. The Labute approximate surface area is 378 Å². The number of ether oxygens (including phenoxy) is 1. The summed E-state index contributed by atoms with van der Waals surface area (Å²) >= 11 is 0. The number of hydrogen-bond acceptors (Lipinski definition) is 17. The van der Waals surface area contributed by atoms with Crippen LogP contribution in [0.25, 0.3) is 10.8 Å². The summed E-state index contributed by atoms with van der Waals surface area (Å²) in [5.41, 5.74) is 1.42. The van der Waals surface area contributed by atoms with Crippen LogP contribution >= 0.6 is 0 Å². The minimum Gasteiger partial charge on any atom is -0.378 e. The molecule has 10 rings (SSSR count). The number of piperidine rings is 2. The van der Waals surface area contributed by atoms with Gasteiger partial charge in [0, 0.05) is 87.6 Å². The molecule has 1 aromatic carbocycles. The number of likely N-dealkylation sites (tertiary alicyclic amines) is 1. The maximum atomic E-state index is 14.8. The van der Waals surface area contributed by atoms with Gasteiger partial charge in [0.05, 0.1) is 46.5 Å². The lowest BCUT2D eigenvalue weighted by atomic mass is 9.94. The topological polar surface area (TPSA) is 233 Å². The third-order valence-electron chi connectivity index (χ3n) is 13.7. The molecular formula is C44H47FN12O8S. The van der Waals surface area contributed by atoms with E-state index in [1.165, 1.54) is 19.3 Å². The van der Waals surface area contributed by atoms with Crippen molar-refractivity contribution in [3.63, 3.8) is 0 Å². The Morgan fingerprint density at radius 1 is 0.894 bits per heavy atom. The van der Waals surface area contributed by atoms with E-state index < -0.39 is 57.0 Å². The normalized spacial score (nSPS) is 25.5. The van der Waals surface area contributed by atoms with Gasteiger partial charge in [-0.1, -0.05) is 6.58 Å². The van der Waals surface area contributed by atoms with Crippen LogP contribution in [0.3, 0.4) is 0 Å². The number of aromatic nitrogens is 5. The van der Waals surface area contributed by atoms with E-state index in [9.17, 15) is 36.8 Å². The van der Waals surface area contributed by atoms with Crippen molar-refractivity contribution in [2.24, 2.45) is 5.92 Å². The average molecular weight is 923 g/mol. The minimum atomic E-state index is -3.53. The predicted molar refractivity (Wildman–Crippen MR) is 238 cm³/mol. The third kappa shape index (κ3) is 7.63. The van der Waals surface area contributed by atoms with Gasteiger partial charge in [-0.05, 0) is 62.1 Å². The maximum absolute atomic E-state index is 14.8. The predicted octanol–water partition coefficient (Wildman–Crippen LogP) is 2.11. The van der Waals surface area contributed by atoms with Crippen LogP contribution in [0.2, 0.25) is 0 Å². The van der Waals surface area contributed by atoms with Crippen molar-refractivity contribution in [2.45, 2.75) is 61.7 Å². The molecule has 9 heterocycles. The first-order valence-electron chi connectivity index (χ1n) is 22.0. The SMILES string of the molecule is C=CC(=O)N1CCCC1c1nnc(N2CC(C3CN(c4ccc5c(c4)C(=O)N(C4CCC(=O)NC4=O)C5=O)CCS3(=O)=O)C2)c2cnc(Nc3ccnc(N4CC[C@@H](OC)[C@@H](F)C4)n3)cc12. The second kappa shape index (κ2) is 17.0. The maximum Gasteiger partial charge on any atom is 0.262 e. The Balaban J connectivity index is 0.887. The fraction of sp³-hybridized carbons (Fsp3) is 0.455. The molecule has 5 saturated heterocycles. The van der Waals surface area contributed by atoms with Crippen LogP contribution in [0.5, 0.6) is 0 Å². The van der Waals surface area contributed by atoms with Crippen molar-refractivity contribution in [2.75, 3.05) is 78.7 Å². The summed E-state index contributed by atoms with van der Waals surface area (Å²) in [5.74, 6) is -1.27. The van der Waals surface area contributed by atoms with Gasteiger partial charge in [0.2, 0.25) is 23.7 Å². The van der Waals surface area contributed by atoms with Crippen molar-refractivity contribution in [1.82, 2.24) is 40.3 Å². The van der Waals surface area contributed by atoms with Crippen molar-refractivity contribution >= 4 is 79.2 Å². The van der Waals surface area contributed by atoms with E-state index in [1.54, 1.807) is 40.4 Å². The van der Waals surface area contributed by atoms with Gasteiger partial charge in [0.25, 0.3) is 11.8 Å². The summed E-state index contributed by atoms with van der Waals surface area (Å²) in [4.78, 5) is 86.3. The second-order valence-corrected chi connectivity index (χ2v) is 19.8. The van der Waals surface area contributed by atoms with Crippen LogP contribution in [0, 0.1) is 5.92 Å². The molecule has 6 aliphatic heterocycles. The molecular weight excluding hydrogens is 876 g/mol. The van der Waals surface area contributed by atoms with Gasteiger partial charge in [-0.15, -0.1) is 5.10 Å². The zero-order valence-electron chi connectivity index (χ0n) is 36.0. The molecule has 5 amide bonds. The Kier molecular flexibility index (Phi) is 11.1. The number of sulfone groups is 1. The zero-order chi connectivity index (χ0) is 46.0. The molecule has 2 N–H and O–H groups in total. The molecule has 6 aliphatic rings. The number of alkyl halides is 1. The van der Waals surface area contributed by atoms with Crippen LogP contribution in [0.4, 0.5) is 33.5 Å². The van der Waals surface area contributed by atoms with Crippen LogP contribution in [-0.4, -0.2) is 155 Å². The number of nitrogens with one attached hydrogen (secondary N) is 2. The molecule has 4 aromatic rings. The Hall–Kier alpha value is -6.68. The van der Waals surface area contributed by atoms with Crippen molar-refractivity contribution in [3.05, 3.63) is 72.2 Å². The quantitative estimate of drug-likeness (QED) is 0.171. The molecule has 3 aromatic heterocycles. The standard InChI is InChI=1S/C44H47FN12O8S/c1-3-38(59)56-13-4-5-31(56)39-27-18-36(48-35-10-12-46-44(49-35)54-14-11-33(65-2)30(45)22-54)47-19-29(27)40(52-51-39)55-20-24(21-55)34-23-53(15-16-66(34,63)64)25-6-7-26-28(17-25)43(62)57(42(26)61)32-8-9-37(58)50-41(32)60/h3,6-7,10,12,17-19,24,30-34H,1,4-5,8-9,11,13-16,20-23H2,2H3,(H,50,58,60)(H,46,47,48,49)/t30-,31?,32?,33+,34?/m0/s1. The Bertz CT molecular complexity index is 2810. The number of methoxy groups -OCH3 is 1. The van der Waals surface area contributed by atoms with Crippen LogP contribution in [0.15, 0.2) is 55.4 Å². The Morgan fingerprint density at radius 2 is 1.71 bits per heavy atom. The van der Waals surface area contributed by atoms with Gasteiger partial charge in [0.15, 0.2) is 15.7 Å². The minimum absolute atomic E-state index is 0.00514. The van der Waals surface area contributed by atoms with Crippen LogP contribution in [0.1, 0.15) is 64.6 Å². The molecule has 0 radical (unpaired) electrons. The van der Waals surface area contributed by atoms with Crippen LogP contribution in [-0.2, 0) is 29.0 Å². The number of imide groups is 2. The number of carbonyl (C=O) groups is 5. The highest BCUT2D eigenvalue weighted by atomic mass is 32.2. The van der Waals surface area contributed by atoms with Gasteiger partial charge in [-0.25, -0.2) is 22.8 Å². The lowest BCUT2D eigenvalue weighted by Gasteiger charge is -2.47. The Morgan fingerprint density at radius 3 is 2.48 bits per heavy atom. The van der Waals surface area contributed by atoms with Crippen molar-refractivity contribution in [1.29, 1.82) is 0 Å². The lowest BCUT2D eigenvalue weighted by Crippen LogP contribution is -2.60. The first-order chi connectivity index (χ1) is 31.8. The number of amides is 5. The largest absolute Gasteiger partial charge is 0.378 e. The van der Waals surface area contributed by atoms with E-state index in [0.717, 1.165) is 11.3 Å². The highest BCUT2D eigenvalue weighted by molar-refractivity contribution is 7.92. The fourth-order valence-corrected chi connectivity index (χ4v) is 12.1. The average Bonchev–Trinajstić information content (AvgIpc) is 3.88. The number of anilines is 5. The van der Waals surface area contributed by atoms with E-state index in [1.807, 2.05) is 15.9 Å². The van der Waals surface area contributed by atoms with Gasteiger partial charge in [-0.3, -0.25) is 34.2 Å². The summed E-state index contributed by atoms with van der Waals surface area (Å²) in [6.07, 6.45) is 4.85. The highest BCUT2D eigenvalue weighted by Gasteiger charge is 2.47. The number of pyridine rings is 1. The smallest absolute Gasteiger partial charge is 0.262 e. The third-order valence-corrected chi connectivity index (χ3v) is 15.9. The lowest BCUT2D eigenvalue weighted by molar-refractivity contribution is -0.136. The molecule has 20 nitrogen and oxygen atoms in total. The van der Waals surface area contributed by atoms with E-state index in [2.05, 4.69) is 32.3 Å². The first kappa shape index (κ1) is 43.2. The van der Waals surface area contributed by atoms with E-state index in [0.29, 0.717) is 84.6 Å². The summed E-state index contributed by atoms with van der Waals surface area (Å²) in [6.45, 7) is 5.90. The number of halogens is 1. The fourth-order valence-electron chi connectivity index (χ4n) is 10.1. The van der Waals surface area contributed by atoms with E-state index in [-0.39, 0.29) is 67.2 Å². The van der Waals surface area contributed by atoms with E-state index >= 15 is 0 Å². The van der Waals surface area contributed by atoms with Crippen molar-refractivity contribution < 1.29 is 41.5 Å². The molecule has 3 unspecified atom stereocenters. The molecule has 66 heavy (non-hydrogen) atoms. The highest BCUT2D eigenvalue weighted by Crippen LogP contribution is 2.41. The number of benzene rings is 1. The molecule has 22 heteroatoms. The molecule has 344 valence electrons. The number of rotatable bonds is 10. The monoisotopic (exact) mass is 922 g/mol. The molecule has 0 aliphatic carbocycles. The van der Waals surface area contributed by atoms with Gasteiger partial charge in [0.1, 0.15) is 23.8 Å². The van der Waals surface area contributed by atoms with E-state index in [4.69, 9.17) is 14.8 Å². The van der Waals surface area contributed by atoms with Gasteiger partial charge in [-0.2, -0.15) is 10.1 Å². The summed E-state index contributed by atoms with van der Waals surface area (Å²) in [6, 6.07) is 6.84. The summed E-state index contributed by atoms with van der Waals surface area (Å²) < 4.78 is 47.5.